The zero-order valence-electron chi connectivity index (χ0n) is 13.4. The summed E-state index contributed by atoms with van der Waals surface area (Å²) in [5.41, 5.74) is 1.91. The Morgan fingerprint density at radius 1 is 1.30 bits per heavy atom. The maximum Gasteiger partial charge on any atom is 0.323 e. The molecule has 1 saturated heterocycles. The molecule has 0 saturated carbocycles. The molecule has 0 radical (unpaired) electrons. The third-order valence-electron chi connectivity index (χ3n) is 3.50. The first kappa shape index (κ1) is 15.4. The van der Waals surface area contributed by atoms with E-state index in [2.05, 4.69) is 20.5 Å². The zero-order valence-corrected chi connectivity index (χ0v) is 13.4. The molecule has 2 aromatic rings. The van der Waals surface area contributed by atoms with E-state index in [1.54, 1.807) is 11.8 Å². The number of aromatic nitrogens is 3. The highest BCUT2D eigenvalue weighted by Crippen LogP contribution is 2.21. The number of ether oxygens (including phenoxy) is 1. The summed E-state index contributed by atoms with van der Waals surface area (Å²) >= 11 is 0. The molecule has 3 rings (SSSR count). The van der Waals surface area contributed by atoms with Crippen molar-refractivity contribution in [1.82, 2.24) is 20.1 Å². The summed E-state index contributed by atoms with van der Waals surface area (Å²) in [6.45, 7) is 6.85. The van der Waals surface area contributed by atoms with Crippen LogP contribution < -0.4 is 5.32 Å². The minimum absolute atomic E-state index is 0.216. The molecule has 0 spiro atoms. The number of pyridine rings is 1. The van der Waals surface area contributed by atoms with E-state index in [0.717, 1.165) is 11.3 Å². The Morgan fingerprint density at radius 3 is 2.83 bits per heavy atom. The minimum atomic E-state index is -0.400. The van der Waals surface area contributed by atoms with Gasteiger partial charge >= 0.3 is 6.03 Å². The molecule has 8 heteroatoms. The van der Waals surface area contributed by atoms with Crippen molar-refractivity contribution < 1.29 is 13.9 Å². The van der Waals surface area contributed by atoms with Crippen molar-refractivity contribution in [3.8, 4) is 0 Å². The van der Waals surface area contributed by atoms with Gasteiger partial charge in [0.15, 0.2) is 6.10 Å². The average Bonchev–Trinajstić information content (AvgIpc) is 2.93. The maximum atomic E-state index is 12.4. The summed E-state index contributed by atoms with van der Waals surface area (Å²) in [5, 5.41) is 10.6. The molecule has 1 N–H and O–H groups in total. The van der Waals surface area contributed by atoms with Gasteiger partial charge in [-0.15, -0.1) is 10.2 Å². The van der Waals surface area contributed by atoms with Gasteiger partial charge in [0, 0.05) is 19.2 Å². The van der Waals surface area contributed by atoms with Gasteiger partial charge in [-0.1, -0.05) is 0 Å². The van der Waals surface area contributed by atoms with Crippen LogP contribution in [0.1, 0.15) is 29.1 Å². The molecule has 2 aromatic heterocycles. The quantitative estimate of drug-likeness (QED) is 0.910. The summed E-state index contributed by atoms with van der Waals surface area (Å²) in [6, 6.07) is 3.58. The van der Waals surface area contributed by atoms with Gasteiger partial charge in [-0.2, -0.15) is 0 Å². The van der Waals surface area contributed by atoms with Gasteiger partial charge in [0.25, 0.3) is 0 Å². The van der Waals surface area contributed by atoms with Crippen LogP contribution in [-0.2, 0) is 4.74 Å². The number of nitrogens with zero attached hydrogens (tertiary/aromatic N) is 4. The van der Waals surface area contributed by atoms with Gasteiger partial charge in [-0.3, -0.25) is 5.32 Å². The topological polar surface area (TPSA) is 93.4 Å². The van der Waals surface area contributed by atoms with E-state index < -0.39 is 6.10 Å². The van der Waals surface area contributed by atoms with Crippen LogP contribution in [0.25, 0.3) is 0 Å². The number of aryl methyl sites for hydroxylation is 3. The first-order valence-corrected chi connectivity index (χ1v) is 7.44. The molecule has 8 nitrogen and oxygen atoms in total. The molecule has 3 heterocycles. The SMILES string of the molecule is Cc1cc(C)nc(NC(=O)N2CCO[C@H](c3nnc(C)o3)C2)c1. The van der Waals surface area contributed by atoms with Crippen molar-refractivity contribution in [1.29, 1.82) is 0 Å². The van der Waals surface area contributed by atoms with Crippen molar-refractivity contribution in [3.05, 3.63) is 35.2 Å². The van der Waals surface area contributed by atoms with E-state index in [0.29, 0.717) is 37.3 Å². The molecule has 1 aliphatic heterocycles. The number of carbonyl (C=O) groups excluding carboxylic acids is 1. The predicted octanol–water partition coefficient (Wildman–Crippen LogP) is 2.00. The molecule has 0 unspecified atom stereocenters. The number of amides is 2. The monoisotopic (exact) mass is 317 g/mol. The van der Waals surface area contributed by atoms with Crippen molar-refractivity contribution in [3.63, 3.8) is 0 Å². The third kappa shape index (κ3) is 3.65. The molecule has 23 heavy (non-hydrogen) atoms. The van der Waals surface area contributed by atoms with E-state index in [4.69, 9.17) is 9.15 Å². The molecular weight excluding hydrogens is 298 g/mol. The molecule has 2 amide bonds. The Balaban J connectivity index is 1.67. The van der Waals surface area contributed by atoms with Crippen molar-refractivity contribution >= 4 is 11.8 Å². The second-order valence-corrected chi connectivity index (χ2v) is 5.57. The fourth-order valence-corrected chi connectivity index (χ4v) is 2.52. The van der Waals surface area contributed by atoms with Crippen LogP contribution >= 0.6 is 0 Å². The molecule has 0 aromatic carbocycles. The van der Waals surface area contributed by atoms with Gasteiger partial charge < -0.3 is 14.1 Å². The van der Waals surface area contributed by atoms with Gasteiger partial charge in [0.05, 0.1) is 13.2 Å². The molecule has 1 atom stereocenters. The van der Waals surface area contributed by atoms with Crippen molar-refractivity contribution in [2.24, 2.45) is 0 Å². The van der Waals surface area contributed by atoms with E-state index in [-0.39, 0.29) is 6.03 Å². The van der Waals surface area contributed by atoms with Crippen LogP contribution in [-0.4, -0.2) is 45.8 Å². The zero-order chi connectivity index (χ0) is 16.4. The lowest BCUT2D eigenvalue weighted by Crippen LogP contribution is -2.44. The average molecular weight is 317 g/mol. The van der Waals surface area contributed by atoms with E-state index >= 15 is 0 Å². The highest BCUT2D eigenvalue weighted by molar-refractivity contribution is 5.88. The van der Waals surface area contributed by atoms with Gasteiger partial charge in [-0.05, 0) is 31.5 Å². The lowest BCUT2D eigenvalue weighted by atomic mass is 10.2. The Labute approximate surface area is 133 Å². The van der Waals surface area contributed by atoms with Gasteiger partial charge in [0.2, 0.25) is 11.8 Å². The number of anilines is 1. The molecular formula is C15H19N5O3. The summed E-state index contributed by atoms with van der Waals surface area (Å²) in [6.07, 6.45) is -0.400. The lowest BCUT2D eigenvalue weighted by Gasteiger charge is -2.31. The van der Waals surface area contributed by atoms with Crippen LogP contribution in [0.4, 0.5) is 10.6 Å². The highest BCUT2D eigenvalue weighted by atomic mass is 16.5. The summed E-state index contributed by atoms with van der Waals surface area (Å²) < 4.78 is 11.0. The fourth-order valence-electron chi connectivity index (χ4n) is 2.52. The van der Waals surface area contributed by atoms with Crippen molar-refractivity contribution in [2.45, 2.75) is 26.9 Å². The molecule has 0 aliphatic carbocycles. The van der Waals surface area contributed by atoms with E-state index in [1.165, 1.54) is 0 Å². The Hall–Kier alpha value is -2.48. The van der Waals surface area contributed by atoms with Crippen LogP contribution in [0.15, 0.2) is 16.5 Å². The van der Waals surface area contributed by atoms with E-state index in [9.17, 15) is 4.79 Å². The molecule has 0 bridgehead atoms. The number of morpholine rings is 1. The Morgan fingerprint density at radius 2 is 2.13 bits per heavy atom. The number of nitrogens with one attached hydrogen (secondary N) is 1. The number of rotatable bonds is 2. The first-order chi connectivity index (χ1) is 11.0. The normalized spacial score (nSPS) is 18.0. The molecule has 1 aliphatic rings. The maximum absolute atomic E-state index is 12.4. The van der Waals surface area contributed by atoms with E-state index in [1.807, 2.05) is 26.0 Å². The summed E-state index contributed by atoms with van der Waals surface area (Å²) in [7, 11) is 0. The van der Waals surface area contributed by atoms with Crippen LogP contribution in [0.5, 0.6) is 0 Å². The Bertz CT molecular complexity index is 695. The lowest BCUT2D eigenvalue weighted by molar-refractivity contribution is -0.0274. The molecule has 122 valence electrons. The van der Waals surface area contributed by atoms with Gasteiger partial charge in [0.1, 0.15) is 5.82 Å². The smallest absolute Gasteiger partial charge is 0.323 e. The predicted molar refractivity (Wildman–Crippen MR) is 82.0 cm³/mol. The number of hydrogen-bond donors (Lipinski definition) is 1. The second kappa shape index (κ2) is 6.33. The first-order valence-electron chi connectivity index (χ1n) is 7.44. The second-order valence-electron chi connectivity index (χ2n) is 5.57. The van der Waals surface area contributed by atoms with Gasteiger partial charge in [-0.25, -0.2) is 9.78 Å². The standard InChI is InChI=1S/C15H19N5O3/c1-9-6-10(2)16-13(7-9)17-15(21)20-4-5-22-12(8-20)14-19-18-11(3)23-14/h6-7,12H,4-5,8H2,1-3H3,(H,16,17,21)/t12-/m0/s1. The largest absolute Gasteiger partial charge is 0.423 e. The molecule has 1 fully saturated rings. The number of urea groups is 1. The van der Waals surface area contributed by atoms with Crippen LogP contribution in [0.3, 0.4) is 0 Å². The Kier molecular flexibility index (Phi) is 4.24. The highest BCUT2D eigenvalue weighted by Gasteiger charge is 2.29. The summed E-state index contributed by atoms with van der Waals surface area (Å²) in [5.74, 6) is 1.42. The third-order valence-corrected chi connectivity index (χ3v) is 3.50. The van der Waals surface area contributed by atoms with Crippen molar-refractivity contribution in [2.75, 3.05) is 25.0 Å². The number of carbonyl (C=O) groups is 1. The summed E-state index contributed by atoms with van der Waals surface area (Å²) in [4.78, 5) is 18.4. The minimum Gasteiger partial charge on any atom is -0.423 e. The van der Waals surface area contributed by atoms with Crippen LogP contribution in [0, 0.1) is 20.8 Å². The van der Waals surface area contributed by atoms with Crippen LogP contribution in [0.2, 0.25) is 0 Å². The number of hydrogen-bond acceptors (Lipinski definition) is 6. The fraction of sp³-hybridized carbons (Fsp3) is 0.467.